The second kappa shape index (κ2) is 4.90. The zero-order chi connectivity index (χ0) is 13.2. The lowest BCUT2D eigenvalue weighted by atomic mass is 9.85. The van der Waals surface area contributed by atoms with Gasteiger partial charge in [-0.25, -0.2) is 4.98 Å². The number of rotatable bonds is 4. The first-order chi connectivity index (χ1) is 8.50. The molecule has 1 aromatic heterocycles. The summed E-state index contributed by atoms with van der Waals surface area (Å²) in [6.45, 7) is 4.21. The molecular weight excluding hydrogens is 246 g/mol. The Morgan fingerprint density at radius 1 is 1.33 bits per heavy atom. The van der Waals surface area contributed by atoms with Gasteiger partial charge in [0.2, 0.25) is 0 Å². The van der Waals surface area contributed by atoms with Crippen molar-refractivity contribution in [2.45, 2.75) is 25.7 Å². The summed E-state index contributed by atoms with van der Waals surface area (Å²) in [5.74, 6) is -0.843. The molecule has 1 heterocycles. The summed E-state index contributed by atoms with van der Waals surface area (Å²) in [4.78, 5) is 15.1. The molecule has 1 aromatic carbocycles. The lowest BCUT2D eigenvalue weighted by molar-refractivity contribution is -0.136. The van der Waals surface area contributed by atoms with Gasteiger partial charge < -0.3 is 5.11 Å². The second-order valence-electron chi connectivity index (χ2n) is 4.71. The average Bonchev–Trinajstić information content (AvgIpc) is 2.78. The third kappa shape index (κ3) is 2.59. The van der Waals surface area contributed by atoms with Crippen LogP contribution in [0.15, 0.2) is 35.7 Å². The van der Waals surface area contributed by atoms with Crippen LogP contribution in [0.3, 0.4) is 0 Å². The SMILES string of the molecule is CC(C)(c1ccccc1)c1nc(CC(=O)O)cs1. The highest BCUT2D eigenvalue weighted by molar-refractivity contribution is 7.09. The van der Waals surface area contributed by atoms with Gasteiger partial charge in [-0.1, -0.05) is 30.3 Å². The van der Waals surface area contributed by atoms with Gasteiger partial charge in [0.1, 0.15) is 5.01 Å². The Bertz CT molecular complexity index is 546. The third-order valence-electron chi connectivity index (χ3n) is 2.91. The Kier molecular flexibility index (Phi) is 3.48. The van der Waals surface area contributed by atoms with E-state index in [0.29, 0.717) is 5.69 Å². The van der Waals surface area contributed by atoms with Gasteiger partial charge in [0.25, 0.3) is 0 Å². The topological polar surface area (TPSA) is 50.2 Å². The Morgan fingerprint density at radius 2 is 2.00 bits per heavy atom. The highest BCUT2D eigenvalue weighted by Crippen LogP contribution is 2.33. The van der Waals surface area contributed by atoms with Crippen LogP contribution in [-0.4, -0.2) is 16.1 Å². The predicted molar refractivity (Wildman–Crippen MR) is 72.0 cm³/mol. The normalized spacial score (nSPS) is 11.4. The van der Waals surface area contributed by atoms with Gasteiger partial charge in [0, 0.05) is 10.8 Å². The molecule has 3 nitrogen and oxygen atoms in total. The van der Waals surface area contributed by atoms with Crippen LogP contribution in [0, 0.1) is 0 Å². The fraction of sp³-hybridized carbons (Fsp3) is 0.286. The molecule has 0 aliphatic carbocycles. The van der Waals surface area contributed by atoms with Crippen LogP contribution in [0.4, 0.5) is 0 Å². The van der Waals surface area contributed by atoms with Crippen molar-refractivity contribution in [3.8, 4) is 0 Å². The Hall–Kier alpha value is -1.68. The molecule has 2 aromatic rings. The lowest BCUT2D eigenvalue weighted by Gasteiger charge is -2.22. The molecule has 0 unspecified atom stereocenters. The highest BCUT2D eigenvalue weighted by atomic mass is 32.1. The maximum atomic E-state index is 10.7. The monoisotopic (exact) mass is 261 g/mol. The summed E-state index contributed by atoms with van der Waals surface area (Å²) < 4.78 is 0. The Balaban J connectivity index is 2.30. The first-order valence-corrected chi connectivity index (χ1v) is 6.60. The van der Waals surface area contributed by atoms with E-state index in [9.17, 15) is 4.79 Å². The zero-order valence-electron chi connectivity index (χ0n) is 10.4. The van der Waals surface area contributed by atoms with Crippen LogP contribution in [0.2, 0.25) is 0 Å². The number of thiazole rings is 1. The van der Waals surface area contributed by atoms with Crippen LogP contribution in [0.25, 0.3) is 0 Å². The smallest absolute Gasteiger partial charge is 0.309 e. The van der Waals surface area contributed by atoms with Crippen molar-refractivity contribution in [1.29, 1.82) is 0 Å². The molecule has 0 saturated carbocycles. The van der Waals surface area contributed by atoms with Crippen LogP contribution in [0.1, 0.15) is 30.1 Å². The maximum absolute atomic E-state index is 10.7. The number of hydrogen-bond acceptors (Lipinski definition) is 3. The first-order valence-electron chi connectivity index (χ1n) is 5.72. The minimum Gasteiger partial charge on any atom is -0.481 e. The van der Waals surface area contributed by atoms with Crippen LogP contribution in [-0.2, 0) is 16.6 Å². The van der Waals surface area contributed by atoms with E-state index in [-0.39, 0.29) is 11.8 Å². The van der Waals surface area contributed by atoms with E-state index < -0.39 is 5.97 Å². The van der Waals surface area contributed by atoms with E-state index in [2.05, 4.69) is 31.0 Å². The van der Waals surface area contributed by atoms with Gasteiger partial charge in [-0.05, 0) is 19.4 Å². The number of carboxylic acids is 1. The number of aromatic nitrogens is 1. The molecule has 0 amide bonds. The number of benzene rings is 1. The molecule has 0 saturated heterocycles. The number of aliphatic carboxylic acids is 1. The summed E-state index contributed by atoms with van der Waals surface area (Å²) in [5.41, 5.74) is 1.62. The van der Waals surface area contributed by atoms with Gasteiger partial charge in [0.05, 0.1) is 12.1 Å². The van der Waals surface area contributed by atoms with Gasteiger partial charge in [-0.3, -0.25) is 4.79 Å². The second-order valence-corrected chi connectivity index (χ2v) is 5.56. The minimum absolute atomic E-state index is 0.0125. The maximum Gasteiger partial charge on any atom is 0.309 e. The van der Waals surface area contributed by atoms with E-state index in [1.54, 1.807) is 0 Å². The predicted octanol–water partition coefficient (Wildman–Crippen LogP) is 3.10. The molecule has 4 heteroatoms. The Labute approximate surface area is 110 Å². The number of hydrogen-bond donors (Lipinski definition) is 1. The average molecular weight is 261 g/mol. The number of carboxylic acid groups (broad SMARTS) is 1. The zero-order valence-corrected chi connectivity index (χ0v) is 11.2. The largest absolute Gasteiger partial charge is 0.481 e. The third-order valence-corrected chi connectivity index (χ3v) is 4.13. The van der Waals surface area contributed by atoms with E-state index >= 15 is 0 Å². The summed E-state index contributed by atoms with van der Waals surface area (Å²) >= 11 is 1.52. The molecule has 0 atom stereocenters. The first kappa shape index (κ1) is 12.8. The van der Waals surface area contributed by atoms with Gasteiger partial charge in [-0.2, -0.15) is 0 Å². The highest BCUT2D eigenvalue weighted by Gasteiger charge is 2.26. The van der Waals surface area contributed by atoms with Crippen molar-refractivity contribution in [3.63, 3.8) is 0 Å². The van der Waals surface area contributed by atoms with Crippen LogP contribution in [0.5, 0.6) is 0 Å². The van der Waals surface area contributed by atoms with Crippen LogP contribution >= 0.6 is 11.3 Å². The van der Waals surface area contributed by atoms with Crippen LogP contribution < -0.4 is 0 Å². The van der Waals surface area contributed by atoms with Crippen molar-refractivity contribution in [3.05, 3.63) is 52.0 Å². The quantitative estimate of drug-likeness (QED) is 0.920. The molecule has 0 bridgehead atoms. The molecule has 0 radical (unpaired) electrons. The fourth-order valence-corrected chi connectivity index (χ4v) is 2.77. The molecule has 0 aliphatic rings. The van der Waals surface area contributed by atoms with E-state index in [1.165, 1.54) is 16.9 Å². The molecule has 0 aliphatic heterocycles. The molecule has 1 N–H and O–H groups in total. The van der Waals surface area contributed by atoms with E-state index in [0.717, 1.165) is 5.01 Å². The molecular formula is C14H15NO2S. The van der Waals surface area contributed by atoms with Gasteiger partial charge in [0.15, 0.2) is 0 Å². The van der Waals surface area contributed by atoms with E-state index in [1.807, 2.05) is 23.6 Å². The fourth-order valence-electron chi connectivity index (χ4n) is 1.81. The minimum atomic E-state index is -0.843. The standard InChI is InChI=1S/C14H15NO2S/c1-14(2,10-6-4-3-5-7-10)13-15-11(9-18-13)8-12(16)17/h3-7,9H,8H2,1-2H3,(H,16,17). The summed E-state index contributed by atoms with van der Waals surface area (Å²) in [5, 5.41) is 11.5. The van der Waals surface area contributed by atoms with Gasteiger partial charge in [-0.15, -0.1) is 11.3 Å². The summed E-state index contributed by atoms with van der Waals surface area (Å²) in [6.07, 6.45) is -0.0125. The molecule has 18 heavy (non-hydrogen) atoms. The van der Waals surface area contributed by atoms with Gasteiger partial charge >= 0.3 is 5.97 Å². The number of carbonyl (C=O) groups is 1. The molecule has 2 rings (SSSR count). The molecule has 0 spiro atoms. The van der Waals surface area contributed by atoms with Crippen molar-refractivity contribution in [1.82, 2.24) is 4.98 Å². The Morgan fingerprint density at radius 3 is 2.61 bits per heavy atom. The van der Waals surface area contributed by atoms with E-state index in [4.69, 9.17) is 5.11 Å². The van der Waals surface area contributed by atoms with Crippen molar-refractivity contribution >= 4 is 17.3 Å². The molecule has 94 valence electrons. The van der Waals surface area contributed by atoms with Crippen molar-refractivity contribution < 1.29 is 9.90 Å². The summed E-state index contributed by atoms with van der Waals surface area (Å²) in [6, 6.07) is 10.1. The molecule has 0 fully saturated rings. The summed E-state index contributed by atoms with van der Waals surface area (Å²) in [7, 11) is 0. The van der Waals surface area contributed by atoms with Crippen molar-refractivity contribution in [2.75, 3.05) is 0 Å². The number of nitrogens with zero attached hydrogens (tertiary/aromatic N) is 1. The van der Waals surface area contributed by atoms with Crippen molar-refractivity contribution in [2.24, 2.45) is 0 Å². The lowest BCUT2D eigenvalue weighted by Crippen LogP contribution is -2.18.